The van der Waals surface area contributed by atoms with Crippen LogP contribution in [0.3, 0.4) is 0 Å². The van der Waals surface area contributed by atoms with Crippen molar-refractivity contribution in [1.29, 1.82) is 0 Å². The van der Waals surface area contributed by atoms with Crippen LogP contribution in [0.4, 0.5) is 0 Å². The van der Waals surface area contributed by atoms with Crippen molar-refractivity contribution < 1.29 is 17.9 Å². The zero-order valence-corrected chi connectivity index (χ0v) is 14.5. The molecule has 0 saturated carbocycles. The van der Waals surface area contributed by atoms with Crippen molar-refractivity contribution >= 4 is 27.5 Å². The summed E-state index contributed by atoms with van der Waals surface area (Å²) in [7, 11) is -2.60. The summed E-state index contributed by atoms with van der Waals surface area (Å²) in [6.45, 7) is 3.54. The molecule has 0 saturated heterocycles. The minimum absolute atomic E-state index is 0.0596. The van der Waals surface area contributed by atoms with E-state index < -0.39 is 15.9 Å². The number of hydrogen-bond donors (Lipinski definition) is 1. The van der Waals surface area contributed by atoms with Crippen molar-refractivity contribution in [3.05, 3.63) is 58.1 Å². The zero-order chi connectivity index (χ0) is 17.2. The van der Waals surface area contributed by atoms with Gasteiger partial charge in [-0.1, -0.05) is 29.3 Å². The van der Waals surface area contributed by atoms with Gasteiger partial charge < -0.3 is 4.74 Å². The van der Waals surface area contributed by atoms with Gasteiger partial charge in [0.25, 0.3) is 15.9 Å². The maximum Gasteiger partial charge on any atom is 0.268 e. The van der Waals surface area contributed by atoms with E-state index in [0.29, 0.717) is 10.6 Å². The molecule has 7 heteroatoms. The Hall–Kier alpha value is -2.05. The van der Waals surface area contributed by atoms with Crippen LogP contribution in [0.1, 0.15) is 21.5 Å². The number of rotatable bonds is 4. The number of benzene rings is 2. The number of ether oxygens (including phenoxy) is 1. The predicted molar refractivity (Wildman–Crippen MR) is 88.6 cm³/mol. The van der Waals surface area contributed by atoms with Gasteiger partial charge >= 0.3 is 0 Å². The lowest BCUT2D eigenvalue weighted by molar-refractivity contribution is 0.0978. The van der Waals surface area contributed by atoms with Crippen LogP contribution in [0.15, 0.2) is 41.3 Å². The highest BCUT2D eigenvalue weighted by Crippen LogP contribution is 2.24. The molecule has 5 nitrogen and oxygen atoms in total. The summed E-state index contributed by atoms with van der Waals surface area (Å²) in [4.78, 5) is 12.3. The molecule has 0 aliphatic carbocycles. The molecule has 2 aromatic carbocycles. The molecule has 0 heterocycles. The topological polar surface area (TPSA) is 72.5 Å². The van der Waals surface area contributed by atoms with Gasteiger partial charge in [-0.05, 0) is 43.7 Å². The Kier molecular flexibility index (Phi) is 4.97. The van der Waals surface area contributed by atoms with Crippen LogP contribution in [0.25, 0.3) is 0 Å². The van der Waals surface area contributed by atoms with Crippen molar-refractivity contribution in [3.63, 3.8) is 0 Å². The number of sulfonamides is 1. The molecule has 2 rings (SSSR count). The van der Waals surface area contributed by atoms with Crippen LogP contribution in [0, 0.1) is 13.8 Å². The fourth-order valence-corrected chi connectivity index (χ4v) is 3.54. The number of carbonyl (C=O) groups is 1. The monoisotopic (exact) mass is 353 g/mol. The third-order valence-electron chi connectivity index (χ3n) is 3.26. The molecule has 1 N–H and O–H groups in total. The van der Waals surface area contributed by atoms with Crippen LogP contribution < -0.4 is 9.46 Å². The second-order valence-corrected chi connectivity index (χ2v) is 7.14. The van der Waals surface area contributed by atoms with Gasteiger partial charge in [0.1, 0.15) is 5.75 Å². The Morgan fingerprint density at radius 2 is 1.83 bits per heavy atom. The number of nitrogens with one attached hydrogen (secondary N) is 1. The lowest BCUT2D eigenvalue weighted by Gasteiger charge is -2.12. The highest BCUT2D eigenvalue weighted by molar-refractivity contribution is 7.90. The molecular weight excluding hydrogens is 338 g/mol. The van der Waals surface area contributed by atoms with Crippen molar-refractivity contribution in [2.45, 2.75) is 18.7 Å². The van der Waals surface area contributed by atoms with E-state index in [2.05, 4.69) is 4.72 Å². The largest absolute Gasteiger partial charge is 0.496 e. The first-order valence-electron chi connectivity index (χ1n) is 6.72. The van der Waals surface area contributed by atoms with Gasteiger partial charge in [0.2, 0.25) is 0 Å². The standard InChI is InChI=1S/C16H16ClNO4S/c1-10-4-7-15(11(2)8-10)23(20,21)18-16(19)13-6-5-12(17)9-14(13)22-3/h4-9H,1-3H3,(H,18,19). The van der Waals surface area contributed by atoms with E-state index in [0.717, 1.165) is 5.56 Å². The highest BCUT2D eigenvalue weighted by Gasteiger charge is 2.22. The molecule has 0 aliphatic heterocycles. The molecule has 23 heavy (non-hydrogen) atoms. The molecule has 0 atom stereocenters. The summed E-state index contributed by atoms with van der Waals surface area (Å²) in [6.07, 6.45) is 0. The lowest BCUT2D eigenvalue weighted by Crippen LogP contribution is -2.31. The third-order valence-corrected chi connectivity index (χ3v) is 4.98. The molecule has 122 valence electrons. The summed E-state index contributed by atoms with van der Waals surface area (Å²) in [5, 5.41) is 0.385. The van der Waals surface area contributed by atoms with Crippen LogP contribution >= 0.6 is 11.6 Å². The molecule has 0 bridgehead atoms. The van der Waals surface area contributed by atoms with Crippen LogP contribution in [0.5, 0.6) is 5.75 Å². The number of methoxy groups -OCH3 is 1. The fraction of sp³-hybridized carbons (Fsp3) is 0.188. The number of amides is 1. The summed E-state index contributed by atoms with van der Waals surface area (Å²) < 4.78 is 32.0. The average Bonchev–Trinajstić information content (AvgIpc) is 2.45. The Balaban J connectivity index is 2.36. The molecular formula is C16H16ClNO4S. The Bertz CT molecular complexity index is 862. The second-order valence-electron chi connectivity index (χ2n) is 5.05. The van der Waals surface area contributed by atoms with Crippen LogP contribution in [0.2, 0.25) is 5.02 Å². The van der Waals surface area contributed by atoms with Crippen molar-refractivity contribution in [2.24, 2.45) is 0 Å². The maximum absolute atomic E-state index is 12.4. The third kappa shape index (κ3) is 3.83. The zero-order valence-electron chi connectivity index (χ0n) is 12.9. The average molecular weight is 354 g/mol. The summed E-state index contributed by atoms with van der Waals surface area (Å²) >= 11 is 5.83. The van der Waals surface area contributed by atoms with E-state index in [-0.39, 0.29) is 16.2 Å². The molecule has 0 aliphatic rings. The highest BCUT2D eigenvalue weighted by atomic mass is 35.5. The minimum atomic E-state index is -3.98. The molecule has 2 aromatic rings. The van der Waals surface area contributed by atoms with Gasteiger partial charge in [-0.25, -0.2) is 13.1 Å². The minimum Gasteiger partial charge on any atom is -0.496 e. The van der Waals surface area contributed by atoms with E-state index in [1.807, 2.05) is 6.92 Å². The van der Waals surface area contributed by atoms with Crippen molar-refractivity contribution in [2.75, 3.05) is 7.11 Å². The van der Waals surface area contributed by atoms with Gasteiger partial charge in [-0.15, -0.1) is 0 Å². The summed E-state index contributed by atoms with van der Waals surface area (Å²) in [6, 6.07) is 9.23. The van der Waals surface area contributed by atoms with E-state index in [4.69, 9.17) is 16.3 Å². The van der Waals surface area contributed by atoms with E-state index >= 15 is 0 Å². The fourth-order valence-electron chi connectivity index (χ4n) is 2.19. The van der Waals surface area contributed by atoms with Crippen LogP contribution in [-0.2, 0) is 10.0 Å². The summed E-state index contributed by atoms with van der Waals surface area (Å²) in [5.41, 5.74) is 1.59. The summed E-state index contributed by atoms with van der Waals surface area (Å²) in [5.74, 6) is -0.579. The number of aryl methyl sites for hydroxylation is 2. The SMILES string of the molecule is COc1cc(Cl)ccc1C(=O)NS(=O)(=O)c1ccc(C)cc1C. The molecule has 0 aromatic heterocycles. The normalized spacial score (nSPS) is 11.1. The Labute approximate surface area is 140 Å². The van der Waals surface area contributed by atoms with E-state index in [1.165, 1.54) is 31.4 Å². The first kappa shape index (κ1) is 17.3. The Morgan fingerprint density at radius 3 is 2.43 bits per heavy atom. The van der Waals surface area contributed by atoms with Gasteiger partial charge in [-0.2, -0.15) is 0 Å². The molecule has 0 radical (unpaired) electrons. The molecule has 0 fully saturated rings. The lowest BCUT2D eigenvalue weighted by atomic mass is 10.2. The van der Waals surface area contributed by atoms with Crippen molar-refractivity contribution in [1.82, 2.24) is 4.72 Å². The number of halogens is 1. The number of carbonyl (C=O) groups excluding carboxylic acids is 1. The number of hydrogen-bond acceptors (Lipinski definition) is 4. The quantitative estimate of drug-likeness (QED) is 0.916. The molecule has 1 amide bonds. The first-order chi connectivity index (χ1) is 10.7. The van der Waals surface area contributed by atoms with Gasteiger partial charge in [0.15, 0.2) is 0 Å². The van der Waals surface area contributed by atoms with Crippen molar-refractivity contribution in [3.8, 4) is 5.75 Å². The first-order valence-corrected chi connectivity index (χ1v) is 8.58. The molecule has 0 spiro atoms. The van der Waals surface area contributed by atoms with E-state index in [1.54, 1.807) is 19.1 Å². The van der Waals surface area contributed by atoms with E-state index in [9.17, 15) is 13.2 Å². The van der Waals surface area contributed by atoms with Crippen LogP contribution in [-0.4, -0.2) is 21.4 Å². The molecule has 0 unspecified atom stereocenters. The Morgan fingerprint density at radius 1 is 1.13 bits per heavy atom. The van der Waals surface area contributed by atoms with Gasteiger partial charge in [-0.3, -0.25) is 4.79 Å². The smallest absolute Gasteiger partial charge is 0.268 e. The van der Waals surface area contributed by atoms with Gasteiger partial charge in [0, 0.05) is 5.02 Å². The van der Waals surface area contributed by atoms with Gasteiger partial charge in [0.05, 0.1) is 17.6 Å². The predicted octanol–water partition coefficient (Wildman–Crippen LogP) is 3.08. The second kappa shape index (κ2) is 6.60. The maximum atomic E-state index is 12.4.